The molecular weight excluding hydrogens is 478 g/mol. The zero-order chi connectivity index (χ0) is 28.2. The number of hydrogen-bond donors (Lipinski definition) is 3. The number of aryl methyl sites for hydroxylation is 1. The molecule has 37 heavy (non-hydrogen) atoms. The molecule has 0 saturated carbocycles. The lowest BCUT2D eigenvalue weighted by molar-refractivity contribution is -0.144. The van der Waals surface area contributed by atoms with Crippen molar-refractivity contribution in [2.45, 2.75) is 91.8 Å². The summed E-state index contributed by atoms with van der Waals surface area (Å²) in [6, 6.07) is 2.69. The van der Waals surface area contributed by atoms with Crippen LogP contribution in [0.4, 0.5) is 4.79 Å². The summed E-state index contributed by atoms with van der Waals surface area (Å²) < 4.78 is 10.2. The first kappa shape index (κ1) is 31.7. The summed E-state index contributed by atoms with van der Waals surface area (Å²) in [5, 5.41) is 15.3. The van der Waals surface area contributed by atoms with Gasteiger partial charge in [0.1, 0.15) is 23.4 Å². The van der Waals surface area contributed by atoms with Crippen molar-refractivity contribution in [3.63, 3.8) is 0 Å². The van der Waals surface area contributed by atoms with Crippen molar-refractivity contribution in [3.8, 4) is 5.75 Å². The van der Waals surface area contributed by atoms with E-state index in [9.17, 15) is 24.3 Å². The third kappa shape index (κ3) is 11.1. The maximum absolute atomic E-state index is 13.6. The first-order valence-electron chi connectivity index (χ1n) is 12.8. The van der Waals surface area contributed by atoms with Gasteiger partial charge in [-0.25, -0.2) is 4.79 Å². The van der Waals surface area contributed by atoms with E-state index in [0.29, 0.717) is 17.5 Å². The number of aromatic hydroxyl groups is 1. The number of nitrogens with one attached hydrogen (secondary N) is 2. The molecule has 1 rings (SSSR count). The lowest BCUT2D eigenvalue weighted by atomic mass is 10.00. The summed E-state index contributed by atoms with van der Waals surface area (Å²) in [7, 11) is 0. The predicted molar refractivity (Wildman–Crippen MR) is 140 cm³/mol. The number of amides is 3. The van der Waals surface area contributed by atoms with Gasteiger partial charge in [0.05, 0.1) is 13.0 Å². The van der Waals surface area contributed by atoms with Crippen LogP contribution < -0.4 is 10.6 Å². The Kier molecular flexibility index (Phi) is 12.9. The van der Waals surface area contributed by atoms with Crippen molar-refractivity contribution >= 4 is 23.9 Å². The number of ether oxygens (including phenoxy) is 2. The zero-order valence-electron chi connectivity index (χ0n) is 23.2. The highest BCUT2D eigenvalue weighted by Gasteiger charge is 2.34. The van der Waals surface area contributed by atoms with E-state index in [1.807, 2.05) is 6.92 Å². The maximum Gasteiger partial charge on any atom is 0.408 e. The summed E-state index contributed by atoms with van der Waals surface area (Å²) in [5.74, 6) is -1.32. The first-order chi connectivity index (χ1) is 17.3. The van der Waals surface area contributed by atoms with Crippen molar-refractivity contribution in [3.05, 3.63) is 29.3 Å². The molecule has 0 saturated heterocycles. The highest BCUT2D eigenvalue weighted by molar-refractivity contribution is 5.92. The Bertz CT molecular complexity index is 927. The van der Waals surface area contributed by atoms with E-state index in [-0.39, 0.29) is 31.9 Å². The van der Waals surface area contributed by atoms with Gasteiger partial charge in [-0.15, -0.1) is 0 Å². The molecule has 0 aromatic heterocycles. The van der Waals surface area contributed by atoms with Crippen LogP contribution in [0.25, 0.3) is 0 Å². The molecule has 0 bridgehead atoms. The second-order valence-corrected chi connectivity index (χ2v) is 9.90. The lowest BCUT2D eigenvalue weighted by Gasteiger charge is -2.34. The Hall–Kier alpha value is -3.30. The van der Waals surface area contributed by atoms with Gasteiger partial charge in [0.25, 0.3) is 0 Å². The van der Waals surface area contributed by atoms with Crippen molar-refractivity contribution in [2.75, 3.05) is 19.7 Å². The van der Waals surface area contributed by atoms with Crippen molar-refractivity contribution in [1.29, 1.82) is 0 Å². The predicted octanol–water partition coefficient (Wildman–Crippen LogP) is 3.74. The fraction of sp³-hybridized carbons (Fsp3) is 0.630. The van der Waals surface area contributed by atoms with E-state index < -0.39 is 41.6 Å². The number of unbranched alkanes of at least 4 members (excludes halogenated alkanes) is 2. The molecule has 0 aliphatic carbocycles. The molecule has 2 atom stereocenters. The zero-order valence-corrected chi connectivity index (χ0v) is 23.2. The first-order valence-corrected chi connectivity index (χ1v) is 12.8. The topological polar surface area (TPSA) is 134 Å². The molecule has 0 spiro atoms. The minimum Gasteiger partial charge on any atom is -0.508 e. The third-order valence-corrected chi connectivity index (χ3v) is 5.42. The Labute approximate surface area is 220 Å². The summed E-state index contributed by atoms with van der Waals surface area (Å²) >= 11 is 0. The van der Waals surface area contributed by atoms with Gasteiger partial charge in [-0.1, -0.05) is 25.8 Å². The lowest BCUT2D eigenvalue weighted by Crippen LogP contribution is -2.52. The number of esters is 1. The number of rotatable bonds is 13. The van der Waals surface area contributed by atoms with Crippen LogP contribution in [0.15, 0.2) is 18.2 Å². The number of nitrogens with zero attached hydrogens (tertiary/aromatic N) is 1. The molecule has 0 radical (unpaired) electrons. The molecule has 3 amide bonds. The highest BCUT2D eigenvalue weighted by Crippen LogP contribution is 2.27. The van der Waals surface area contributed by atoms with E-state index in [4.69, 9.17) is 9.47 Å². The van der Waals surface area contributed by atoms with Crippen molar-refractivity contribution in [2.24, 2.45) is 0 Å². The van der Waals surface area contributed by atoms with Gasteiger partial charge < -0.3 is 30.1 Å². The summed E-state index contributed by atoms with van der Waals surface area (Å²) in [5.41, 5.74) is 0.305. The average Bonchev–Trinajstić information content (AvgIpc) is 2.79. The summed E-state index contributed by atoms with van der Waals surface area (Å²) in [6.07, 6.45) is 1.64. The van der Waals surface area contributed by atoms with Crippen LogP contribution in [0, 0.1) is 6.92 Å². The molecule has 1 aromatic rings. The largest absolute Gasteiger partial charge is 0.508 e. The van der Waals surface area contributed by atoms with Crippen LogP contribution in [0.1, 0.15) is 84.4 Å². The minimum atomic E-state index is -1.05. The quantitative estimate of drug-likeness (QED) is 0.266. The third-order valence-electron chi connectivity index (χ3n) is 5.42. The fourth-order valence-corrected chi connectivity index (χ4v) is 3.63. The van der Waals surface area contributed by atoms with Gasteiger partial charge in [0, 0.05) is 13.1 Å². The van der Waals surface area contributed by atoms with E-state index in [2.05, 4.69) is 10.6 Å². The second kappa shape index (κ2) is 15.1. The number of carbonyl (C=O) groups is 4. The van der Waals surface area contributed by atoms with Gasteiger partial charge in [-0.2, -0.15) is 0 Å². The highest BCUT2D eigenvalue weighted by atomic mass is 16.6. The Morgan fingerprint density at radius 1 is 1.11 bits per heavy atom. The minimum absolute atomic E-state index is 0.0126. The Morgan fingerprint density at radius 2 is 1.78 bits per heavy atom. The maximum atomic E-state index is 13.6. The standard InChI is InChI=1S/C27H43N3O7/c1-8-10-11-16-30(25(34)19(4)29-26(35)37-27(5,6)7)23(20-12-13-21(31)18(3)17-20)24(33)28-15-14-22(32)36-9-2/h12-13,17,19,23,31H,8-11,14-16H2,1-7H3,(H,28,33)(H,29,35). The summed E-state index contributed by atoms with van der Waals surface area (Å²) in [4.78, 5) is 52.6. The Balaban J connectivity index is 3.30. The second-order valence-electron chi connectivity index (χ2n) is 9.90. The molecule has 3 N–H and O–H groups in total. The SMILES string of the molecule is CCCCCN(C(=O)C(C)NC(=O)OC(C)(C)C)C(C(=O)NCCC(=O)OCC)c1ccc(O)c(C)c1. The number of alkyl carbamates (subject to hydrolysis) is 1. The van der Waals surface area contributed by atoms with Gasteiger partial charge in [0.15, 0.2) is 0 Å². The molecule has 10 heteroatoms. The van der Waals surface area contributed by atoms with Crippen molar-refractivity contribution < 1.29 is 33.8 Å². The van der Waals surface area contributed by atoms with E-state index in [0.717, 1.165) is 12.8 Å². The number of phenolic OH excluding ortho intramolecular Hbond substituents is 1. The number of phenols is 1. The van der Waals surface area contributed by atoms with Gasteiger partial charge in [-0.3, -0.25) is 14.4 Å². The average molecular weight is 522 g/mol. The normalized spacial score (nSPS) is 12.7. The van der Waals surface area contributed by atoms with E-state index >= 15 is 0 Å². The van der Waals surface area contributed by atoms with Crippen LogP contribution in [-0.2, 0) is 23.9 Å². The van der Waals surface area contributed by atoms with Crippen molar-refractivity contribution in [1.82, 2.24) is 15.5 Å². The number of benzene rings is 1. The molecule has 2 unspecified atom stereocenters. The summed E-state index contributed by atoms with van der Waals surface area (Å²) in [6.45, 7) is 12.7. The van der Waals surface area contributed by atoms with Crippen LogP contribution in [0.2, 0.25) is 0 Å². The van der Waals surface area contributed by atoms with E-state index in [1.165, 1.54) is 17.9 Å². The molecule has 10 nitrogen and oxygen atoms in total. The van der Waals surface area contributed by atoms with Crippen LogP contribution in [0.5, 0.6) is 5.75 Å². The van der Waals surface area contributed by atoms with Crippen LogP contribution >= 0.6 is 0 Å². The monoisotopic (exact) mass is 521 g/mol. The molecule has 0 heterocycles. The molecule has 1 aromatic carbocycles. The number of carbonyl (C=O) groups excluding carboxylic acids is 4. The molecule has 0 fully saturated rings. The molecule has 0 aliphatic rings. The molecule has 0 aliphatic heterocycles. The Morgan fingerprint density at radius 3 is 2.35 bits per heavy atom. The number of hydrogen-bond acceptors (Lipinski definition) is 7. The fourth-order valence-electron chi connectivity index (χ4n) is 3.63. The van der Waals surface area contributed by atoms with Gasteiger partial charge >= 0.3 is 12.1 Å². The van der Waals surface area contributed by atoms with E-state index in [1.54, 1.807) is 46.8 Å². The van der Waals surface area contributed by atoms with Crippen LogP contribution in [0.3, 0.4) is 0 Å². The molecular formula is C27H43N3O7. The molecule has 208 valence electrons. The van der Waals surface area contributed by atoms with Gasteiger partial charge in [-0.05, 0) is 71.2 Å². The van der Waals surface area contributed by atoms with Crippen LogP contribution in [-0.4, -0.2) is 65.2 Å². The smallest absolute Gasteiger partial charge is 0.408 e. The van der Waals surface area contributed by atoms with Gasteiger partial charge in [0.2, 0.25) is 11.8 Å².